The van der Waals surface area contributed by atoms with Gasteiger partial charge >= 0.3 is 0 Å². The Morgan fingerprint density at radius 3 is 2.53 bits per heavy atom. The Balaban J connectivity index is 1.78. The first-order valence-corrected chi connectivity index (χ1v) is 11.0. The van der Waals surface area contributed by atoms with Crippen LogP contribution in [0, 0.1) is 12.3 Å². The van der Waals surface area contributed by atoms with E-state index in [4.69, 9.17) is 9.15 Å². The highest BCUT2D eigenvalue weighted by molar-refractivity contribution is 5.99. The van der Waals surface area contributed by atoms with Crippen LogP contribution in [0.4, 0.5) is 0 Å². The van der Waals surface area contributed by atoms with Gasteiger partial charge in [0, 0.05) is 0 Å². The third-order valence-electron chi connectivity index (χ3n) is 5.87. The molecule has 1 aliphatic rings. The lowest BCUT2D eigenvalue weighted by atomic mass is 9.79. The van der Waals surface area contributed by atoms with Crippen molar-refractivity contribution in [2.45, 2.75) is 65.1 Å². The van der Waals surface area contributed by atoms with E-state index in [0.717, 1.165) is 12.0 Å². The van der Waals surface area contributed by atoms with Crippen LogP contribution in [0.2, 0.25) is 0 Å². The number of Topliss-reactive ketones (excluding diaryl/α,β-unsaturated/α-hetero) is 1. The summed E-state index contributed by atoms with van der Waals surface area (Å²) < 4.78 is 10.7. The number of ketones is 1. The fourth-order valence-corrected chi connectivity index (χ4v) is 4.20. The van der Waals surface area contributed by atoms with E-state index in [1.165, 1.54) is 6.26 Å². The van der Waals surface area contributed by atoms with Crippen LogP contribution in [0.15, 0.2) is 47.1 Å². The van der Waals surface area contributed by atoms with Gasteiger partial charge in [-0.25, -0.2) is 0 Å². The summed E-state index contributed by atoms with van der Waals surface area (Å²) in [7, 11) is 0. The summed E-state index contributed by atoms with van der Waals surface area (Å²) in [5.41, 5.74) is 1.25. The zero-order valence-corrected chi connectivity index (χ0v) is 19.1. The van der Waals surface area contributed by atoms with Crippen LogP contribution >= 0.6 is 0 Å². The minimum atomic E-state index is -0.818. The smallest absolute Gasteiger partial charge is 0.255 e. The Morgan fingerprint density at radius 2 is 1.91 bits per heavy atom. The third kappa shape index (κ3) is 5.85. The Bertz CT molecular complexity index is 950. The maximum absolute atomic E-state index is 13.3. The third-order valence-corrected chi connectivity index (χ3v) is 5.87. The summed E-state index contributed by atoms with van der Waals surface area (Å²) in [6, 6.07) is 10.1. The van der Waals surface area contributed by atoms with E-state index in [1.807, 2.05) is 37.3 Å². The molecule has 2 N–H and O–H groups in total. The number of benzene rings is 1. The van der Waals surface area contributed by atoms with Gasteiger partial charge in [0.05, 0.1) is 17.9 Å². The summed E-state index contributed by atoms with van der Waals surface area (Å²) in [5, 5.41) is 5.69. The molecule has 3 atom stereocenters. The summed E-state index contributed by atoms with van der Waals surface area (Å²) in [4.78, 5) is 38.4. The van der Waals surface area contributed by atoms with Crippen molar-refractivity contribution in [2.75, 3.05) is 6.61 Å². The van der Waals surface area contributed by atoms with Crippen LogP contribution in [-0.4, -0.2) is 42.4 Å². The molecule has 0 bridgehead atoms. The molecular formula is C25H32N2O5. The SMILES string of the molecule is CCC1OCC(=O)C1NC(=O)C(CC(C)(C)Cc1ccccc1)NC(=O)c1ccoc1C. The second-order valence-corrected chi connectivity index (χ2v) is 9.16. The quantitative estimate of drug-likeness (QED) is 0.624. The maximum atomic E-state index is 13.3. The van der Waals surface area contributed by atoms with Gasteiger partial charge in [0.15, 0.2) is 5.78 Å². The van der Waals surface area contributed by atoms with E-state index in [1.54, 1.807) is 13.0 Å². The Kier molecular flexibility index (Phi) is 7.51. The summed E-state index contributed by atoms with van der Waals surface area (Å²) >= 11 is 0. The van der Waals surface area contributed by atoms with E-state index in [2.05, 4.69) is 24.5 Å². The lowest BCUT2D eigenvalue weighted by Gasteiger charge is -2.31. The number of furan rings is 1. The standard InChI is InChI=1S/C25H32N2O5/c1-5-21-22(20(28)15-32-21)27-24(30)19(26-23(29)18-11-12-31-16(18)2)14-25(3,4)13-17-9-7-6-8-10-17/h6-12,19,21-22H,5,13-15H2,1-4H3,(H,26,29)(H,27,30). The molecule has 2 aromatic rings. The molecule has 1 aromatic carbocycles. The second kappa shape index (κ2) is 10.1. The van der Waals surface area contributed by atoms with E-state index < -0.39 is 12.1 Å². The molecule has 2 heterocycles. The molecule has 0 saturated carbocycles. The highest BCUT2D eigenvalue weighted by Gasteiger charge is 2.38. The van der Waals surface area contributed by atoms with Crippen molar-refractivity contribution in [3.63, 3.8) is 0 Å². The van der Waals surface area contributed by atoms with Gasteiger partial charge in [0.1, 0.15) is 24.5 Å². The summed E-state index contributed by atoms with van der Waals surface area (Å²) in [6.45, 7) is 7.73. The summed E-state index contributed by atoms with van der Waals surface area (Å²) in [6.07, 6.45) is 2.84. The predicted molar refractivity (Wildman–Crippen MR) is 120 cm³/mol. The van der Waals surface area contributed by atoms with Crippen LogP contribution in [-0.2, 0) is 20.7 Å². The average Bonchev–Trinajstić information content (AvgIpc) is 3.33. The fourth-order valence-electron chi connectivity index (χ4n) is 4.20. The van der Waals surface area contributed by atoms with Crippen LogP contribution in [0.5, 0.6) is 0 Å². The molecule has 1 aliphatic heterocycles. The van der Waals surface area contributed by atoms with Gasteiger partial charge in [0.2, 0.25) is 5.91 Å². The van der Waals surface area contributed by atoms with Crippen LogP contribution in [0.3, 0.4) is 0 Å². The molecule has 2 amide bonds. The fraction of sp³-hybridized carbons (Fsp3) is 0.480. The minimum absolute atomic E-state index is 0.00576. The molecule has 1 fully saturated rings. The number of nitrogens with one attached hydrogen (secondary N) is 2. The monoisotopic (exact) mass is 440 g/mol. The number of carbonyl (C=O) groups is 3. The normalized spacial score (nSPS) is 19.6. The Morgan fingerprint density at radius 1 is 1.19 bits per heavy atom. The highest BCUT2D eigenvalue weighted by atomic mass is 16.5. The van der Waals surface area contributed by atoms with E-state index in [-0.39, 0.29) is 35.7 Å². The lowest BCUT2D eigenvalue weighted by molar-refractivity contribution is -0.128. The van der Waals surface area contributed by atoms with Crippen molar-refractivity contribution < 1.29 is 23.5 Å². The van der Waals surface area contributed by atoms with E-state index in [0.29, 0.717) is 24.2 Å². The van der Waals surface area contributed by atoms with Gasteiger partial charge in [-0.3, -0.25) is 14.4 Å². The molecule has 3 rings (SSSR count). The number of carbonyl (C=O) groups excluding carboxylic acids is 3. The van der Waals surface area contributed by atoms with Gasteiger partial charge in [-0.05, 0) is 43.2 Å². The van der Waals surface area contributed by atoms with E-state index >= 15 is 0 Å². The van der Waals surface area contributed by atoms with Crippen molar-refractivity contribution >= 4 is 17.6 Å². The number of ether oxygens (including phenoxy) is 1. The molecule has 172 valence electrons. The Labute approximate surface area is 188 Å². The molecule has 0 spiro atoms. The molecule has 3 unspecified atom stereocenters. The molecular weight excluding hydrogens is 408 g/mol. The van der Waals surface area contributed by atoms with Gasteiger partial charge in [-0.1, -0.05) is 51.1 Å². The van der Waals surface area contributed by atoms with Crippen LogP contribution in [0.25, 0.3) is 0 Å². The summed E-state index contributed by atoms with van der Waals surface area (Å²) in [5.74, 6) is -0.434. The van der Waals surface area contributed by atoms with Gasteiger partial charge < -0.3 is 19.8 Å². The topological polar surface area (TPSA) is 97.6 Å². The van der Waals surface area contributed by atoms with Gasteiger partial charge in [0.25, 0.3) is 5.91 Å². The molecule has 1 aromatic heterocycles. The average molecular weight is 441 g/mol. The van der Waals surface area contributed by atoms with Crippen molar-refractivity contribution in [1.82, 2.24) is 10.6 Å². The van der Waals surface area contributed by atoms with Crippen molar-refractivity contribution in [3.05, 3.63) is 59.5 Å². The Hall–Kier alpha value is -2.93. The molecule has 7 nitrogen and oxygen atoms in total. The predicted octanol–water partition coefficient (Wildman–Crippen LogP) is 3.21. The van der Waals surface area contributed by atoms with Gasteiger partial charge in [-0.15, -0.1) is 0 Å². The zero-order chi connectivity index (χ0) is 23.3. The zero-order valence-electron chi connectivity index (χ0n) is 19.1. The number of amides is 2. The second-order valence-electron chi connectivity index (χ2n) is 9.16. The maximum Gasteiger partial charge on any atom is 0.255 e. The van der Waals surface area contributed by atoms with Crippen molar-refractivity contribution in [1.29, 1.82) is 0 Å². The number of hydrogen-bond donors (Lipinski definition) is 2. The lowest BCUT2D eigenvalue weighted by Crippen LogP contribution is -2.54. The van der Waals surface area contributed by atoms with Crippen molar-refractivity contribution in [3.8, 4) is 0 Å². The first-order valence-electron chi connectivity index (χ1n) is 11.0. The highest BCUT2D eigenvalue weighted by Crippen LogP contribution is 2.28. The first kappa shape index (κ1) is 23.7. The largest absolute Gasteiger partial charge is 0.469 e. The number of rotatable bonds is 9. The molecule has 0 aliphatic carbocycles. The van der Waals surface area contributed by atoms with Crippen LogP contribution in [0.1, 0.15) is 55.3 Å². The van der Waals surface area contributed by atoms with Gasteiger partial charge in [-0.2, -0.15) is 0 Å². The molecule has 7 heteroatoms. The molecule has 1 saturated heterocycles. The van der Waals surface area contributed by atoms with Crippen molar-refractivity contribution in [2.24, 2.45) is 5.41 Å². The minimum Gasteiger partial charge on any atom is -0.469 e. The van der Waals surface area contributed by atoms with Crippen LogP contribution < -0.4 is 10.6 Å². The first-order chi connectivity index (χ1) is 15.2. The number of hydrogen-bond acceptors (Lipinski definition) is 5. The molecule has 0 radical (unpaired) electrons. The number of aryl methyl sites for hydroxylation is 1. The van der Waals surface area contributed by atoms with E-state index in [9.17, 15) is 14.4 Å². The molecule has 32 heavy (non-hydrogen) atoms.